The van der Waals surface area contributed by atoms with Gasteiger partial charge in [-0.05, 0) is 54.4 Å². The third-order valence-electron chi connectivity index (χ3n) is 3.69. The van der Waals surface area contributed by atoms with E-state index in [1.807, 2.05) is 42.5 Å². The standard InChI is InChI=1S/C19H17BrClNO.ClH/c1-13-10-15(20)6-8-17(13)19-9-7-16(23-19)12-22-11-14-4-2-3-5-18(14)21;/h2-10,22H,11-12H2,1H3;1H. The van der Waals surface area contributed by atoms with E-state index in [0.29, 0.717) is 13.1 Å². The van der Waals surface area contributed by atoms with Crippen LogP contribution >= 0.6 is 39.9 Å². The molecule has 0 aliphatic carbocycles. The molecule has 0 aliphatic heterocycles. The molecule has 0 spiro atoms. The van der Waals surface area contributed by atoms with Gasteiger partial charge in [-0.25, -0.2) is 0 Å². The molecule has 0 aliphatic rings. The number of hydrogen-bond donors (Lipinski definition) is 1. The van der Waals surface area contributed by atoms with E-state index in [0.717, 1.165) is 32.1 Å². The molecular weight excluding hydrogens is 409 g/mol. The van der Waals surface area contributed by atoms with Crippen LogP contribution in [0.1, 0.15) is 16.9 Å². The van der Waals surface area contributed by atoms with E-state index in [1.165, 1.54) is 5.56 Å². The lowest BCUT2D eigenvalue weighted by atomic mass is 10.1. The number of rotatable bonds is 5. The average molecular weight is 427 g/mol. The summed E-state index contributed by atoms with van der Waals surface area (Å²) in [6, 6.07) is 18.1. The number of aryl methyl sites for hydroxylation is 1. The molecule has 0 saturated heterocycles. The third-order valence-corrected chi connectivity index (χ3v) is 4.55. The molecule has 0 fully saturated rings. The Kier molecular flexibility index (Phi) is 6.93. The van der Waals surface area contributed by atoms with Crippen LogP contribution in [0.2, 0.25) is 5.02 Å². The maximum absolute atomic E-state index is 6.15. The van der Waals surface area contributed by atoms with Crippen LogP contribution in [0.4, 0.5) is 0 Å². The van der Waals surface area contributed by atoms with Gasteiger partial charge in [0.1, 0.15) is 11.5 Å². The smallest absolute Gasteiger partial charge is 0.134 e. The van der Waals surface area contributed by atoms with E-state index < -0.39 is 0 Å². The molecule has 0 bridgehead atoms. The molecular formula is C19H18BrCl2NO. The van der Waals surface area contributed by atoms with Crippen molar-refractivity contribution >= 4 is 39.9 Å². The van der Waals surface area contributed by atoms with Crippen molar-refractivity contribution in [2.24, 2.45) is 0 Å². The first-order chi connectivity index (χ1) is 11.1. The van der Waals surface area contributed by atoms with Crippen LogP contribution in [-0.2, 0) is 13.1 Å². The molecule has 0 unspecified atom stereocenters. The fourth-order valence-electron chi connectivity index (χ4n) is 2.48. The highest BCUT2D eigenvalue weighted by Crippen LogP contribution is 2.27. The fourth-order valence-corrected chi connectivity index (χ4v) is 3.16. The Balaban J connectivity index is 0.00000208. The van der Waals surface area contributed by atoms with Gasteiger partial charge in [-0.15, -0.1) is 12.4 Å². The van der Waals surface area contributed by atoms with E-state index >= 15 is 0 Å². The predicted molar refractivity (Wildman–Crippen MR) is 106 cm³/mol. The van der Waals surface area contributed by atoms with Crippen LogP contribution in [0.5, 0.6) is 0 Å². The minimum Gasteiger partial charge on any atom is -0.460 e. The minimum atomic E-state index is 0. The lowest BCUT2D eigenvalue weighted by Gasteiger charge is -2.05. The molecule has 3 aromatic rings. The van der Waals surface area contributed by atoms with Crippen LogP contribution in [0.3, 0.4) is 0 Å². The van der Waals surface area contributed by atoms with Gasteiger partial charge in [0.05, 0.1) is 6.54 Å². The zero-order valence-corrected chi connectivity index (χ0v) is 16.3. The maximum atomic E-state index is 6.15. The van der Waals surface area contributed by atoms with Crippen molar-refractivity contribution in [3.63, 3.8) is 0 Å². The molecule has 0 radical (unpaired) electrons. The summed E-state index contributed by atoms with van der Waals surface area (Å²) in [6.07, 6.45) is 0. The van der Waals surface area contributed by atoms with Gasteiger partial charge in [-0.2, -0.15) is 0 Å². The molecule has 3 rings (SSSR count). The highest BCUT2D eigenvalue weighted by Gasteiger charge is 2.08. The molecule has 5 heteroatoms. The van der Waals surface area contributed by atoms with Crippen molar-refractivity contribution in [3.05, 3.63) is 81.0 Å². The third kappa shape index (κ3) is 4.64. The first-order valence-electron chi connectivity index (χ1n) is 7.43. The lowest BCUT2D eigenvalue weighted by molar-refractivity contribution is 0.493. The molecule has 1 aromatic heterocycles. The molecule has 1 heterocycles. The molecule has 24 heavy (non-hydrogen) atoms. The monoisotopic (exact) mass is 425 g/mol. The van der Waals surface area contributed by atoms with Crippen LogP contribution in [-0.4, -0.2) is 0 Å². The molecule has 2 aromatic carbocycles. The summed E-state index contributed by atoms with van der Waals surface area (Å²) in [5.41, 5.74) is 3.39. The topological polar surface area (TPSA) is 25.2 Å². The maximum Gasteiger partial charge on any atom is 0.134 e. The molecule has 0 atom stereocenters. The number of hydrogen-bond acceptors (Lipinski definition) is 2. The van der Waals surface area contributed by atoms with Crippen molar-refractivity contribution in [2.75, 3.05) is 0 Å². The number of benzene rings is 2. The first kappa shape index (κ1) is 19.1. The average Bonchev–Trinajstić information content (AvgIpc) is 2.98. The van der Waals surface area contributed by atoms with Crippen molar-refractivity contribution in [1.29, 1.82) is 0 Å². The summed E-state index contributed by atoms with van der Waals surface area (Å²) < 4.78 is 7.02. The zero-order valence-electron chi connectivity index (χ0n) is 13.2. The van der Waals surface area contributed by atoms with Crippen molar-refractivity contribution in [2.45, 2.75) is 20.0 Å². The Morgan fingerprint density at radius 3 is 2.58 bits per heavy atom. The SMILES string of the molecule is Cc1cc(Br)ccc1-c1ccc(CNCc2ccccc2Cl)o1.Cl. The van der Waals surface area contributed by atoms with E-state index in [-0.39, 0.29) is 12.4 Å². The lowest BCUT2D eigenvalue weighted by Crippen LogP contribution is -2.12. The summed E-state index contributed by atoms with van der Waals surface area (Å²) in [6.45, 7) is 3.46. The Hall–Kier alpha value is -1.26. The quantitative estimate of drug-likeness (QED) is 0.511. The van der Waals surface area contributed by atoms with Crippen molar-refractivity contribution in [1.82, 2.24) is 5.32 Å². The Morgan fingerprint density at radius 1 is 1.04 bits per heavy atom. The molecule has 1 N–H and O–H groups in total. The number of furan rings is 1. The van der Waals surface area contributed by atoms with Crippen LogP contribution in [0, 0.1) is 6.92 Å². The minimum absolute atomic E-state index is 0. The van der Waals surface area contributed by atoms with Gasteiger partial charge in [0.15, 0.2) is 0 Å². The first-order valence-corrected chi connectivity index (χ1v) is 8.60. The van der Waals surface area contributed by atoms with E-state index in [2.05, 4.69) is 40.3 Å². The highest BCUT2D eigenvalue weighted by molar-refractivity contribution is 9.10. The van der Waals surface area contributed by atoms with Gasteiger partial charge < -0.3 is 9.73 Å². The van der Waals surface area contributed by atoms with Crippen molar-refractivity contribution < 1.29 is 4.42 Å². The van der Waals surface area contributed by atoms with Gasteiger partial charge in [0.2, 0.25) is 0 Å². The summed E-state index contributed by atoms with van der Waals surface area (Å²) in [4.78, 5) is 0. The summed E-state index contributed by atoms with van der Waals surface area (Å²) in [5.74, 6) is 1.80. The second-order valence-electron chi connectivity index (χ2n) is 5.42. The molecule has 2 nitrogen and oxygen atoms in total. The van der Waals surface area contributed by atoms with Gasteiger partial charge >= 0.3 is 0 Å². The predicted octanol–water partition coefficient (Wildman–Crippen LogP) is 6.38. The highest BCUT2D eigenvalue weighted by atomic mass is 79.9. The largest absolute Gasteiger partial charge is 0.460 e. The summed E-state index contributed by atoms with van der Waals surface area (Å²) >= 11 is 9.64. The molecule has 0 amide bonds. The zero-order chi connectivity index (χ0) is 16.2. The number of nitrogens with one attached hydrogen (secondary N) is 1. The summed E-state index contributed by atoms with van der Waals surface area (Å²) in [5, 5.41) is 4.14. The van der Waals surface area contributed by atoms with E-state index in [9.17, 15) is 0 Å². The van der Waals surface area contributed by atoms with Crippen molar-refractivity contribution in [3.8, 4) is 11.3 Å². The Bertz CT molecular complexity index is 817. The van der Waals surface area contributed by atoms with E-state index in [4.69, 9.17) is 16.0 Å². The molecule has 0 saturated carbocycles. The normalized spacial score (nSPS) is 10.5. The Labute approximate surface area is 161 Å². The number of halogens is 3. The summed E-state index contributed by atoms with van der Waals surface area (Å²) in [7, 11) is 0. The second-order valence-corrected chi connectivity index (χ2v) is 6.74. The Morgan fingerprint density at radius 2 is 1.83 bits per heavy atom. The van der Waals surface area contributed by atoms with Gasteiger partial charge in [0, 0.05) is 21.6 Å². The van der Waals surface area contributed by atoms with Gasteiger partial charge in [-0.1, -0.05) is 45.7 Å². The fraction of sp³-hybridized carbons (Fsp3) is 0.158. The van der Waals surface area contributed by atoms with Gasteiger partial charge in [-0.3, -0.25) is 0 Å². The van der Waals surface area contributed by atoms with E-state index in [1.54, 1.807) is 0 Å². The van der Waals surface area contributed by atoms with Gasteiger partial charge in [0.25, 0.3) is 0 Å². The van der Waals surface area contributed by atoms with Crippen LogP contribution in [0.15, 0.2) is 63.5 Å². The van der Waals surface area contributed by atoms with Crippen LogP contribution in [0.25, 0.3) is 11.3 Å². The van der Waals surface area contributed by atoms with Crippen LogP contribution < -0.4 is 5.32 Å². The molecule has 126 valence electrons. The second kappa shape index (κ2) is 8.72.